The second-order valence-corrected chi connectivity index (χ2v) is 5.01. The van der Waals surface area contributed by atoms with Gasteiger partial charge in [0.15, 0.2) is 0 Å². The van der Waals surface area contributed by atoms with Gasteiger partial charge in [-0.3, -0.25) is 9.59 Å². The van der Waals surface area contributed by atoms with Gasteiger partial charge in [0.05, 0.1) is 6.54 Å². The molecular formula is C15H16FN3O3. The molecule has 0 saturated carbocycles. The van der Waals surface area contributed by atoms with E-state index in [9.17, 15) is 14.0 Å². The molecule has 2 aromatic rings. The van der Waals surface area contributed by atoms with Crippen molar-refractivity contribution in [3.63, 3.8) is 0 Å². The van der Waals surface area contributed by atoms with Crippen molar-refractivity contribution in [3.05, 3.63) is 47.1 Å². The molecule has 0 atom stereocenters. The zero-order valence-corrected chi connectivity index (χ0v) is 12.5. The molecule has 0 radical (unpaired) electrons. The van der Waals surface area contributed by atoms with Gasteiger partial charge < -0.3 is 14.7 Å². The lowest BCUT2D eigenvalue weighted by atomic mass is 10.2. The summed E-state index contributed by atoms with van der Waals surface area (Å²) in [6, 6.07) is 5.78. The maximum atomic E-state index is 13.2. The van der Waals surface area contributed by atoms with Gasteiger partial charge in [-0.25, -0.2) is 4.39 Å². The molecular weight excluding hydrogens is 289 g/mol. The molecule has 0 aliphatic carbocycles. The smallest absolute Gasteiger partial charge is 0.313 e. The third-order valence-electron chi connectivity index (χ3n) is 3.03. The van der Waals surface area contributed by atoms with E-state index in [0.717, 1.165) is 0 Å². The monoisotopic (exact) mass is 305 g/mol. The lowest BCUT2D eigenvalue weighted by Crippen LogP contribution is -2.36. The number of rotatable bonds is 3. The Morgan fingerprint density at radius 1 is 1.32 bits per heavy atom. The largest absolute Gasteiger partial charge is 0.361 e. The Morgan fingerprint density at radius 2 is 2.05 bits per heavy atom. The van der Waals surface area contributed by atoms with Crippen molar-refractivity contribution in [1.29, 1.82) is 0 Å². The summed E-state index contributed by atoms with van der Waals surface area (Å²) in [5.74, 6) is -1.26. The fourth-order valence-corrected chi connectivity index (χ4v) is 1.89. The van der Waals surface area contributed by atoms with Gasteiger partial charge in [0.2, 0.25) is 0 Å². The van der Waals surface area contributed by atoms with E-state index in [2.05, 4.69) is 10.5 Å². The van der Waals surface area contributed by atoms with Crippen molar-refractivity contribution < 1.29 is 18.5 Å². The van der Waals surface area contributed by atoms with E-state index >= 15 is 0 Å². The summed E-state index contributed by atoms with van der Waals surface area (Å²) in [6.45, 7) is 3.47. The number of carbonyl (C=O) groups is 2. The van der Waals surface area contributed by atoms with Gasteiger partial charge in [-0.2, -0.15) is 0 Å². The molecule has 0 fully saturated rings. The van der Waals surface area contributed by atoms with Gasteiger partial charge in [0, 0.05) is 18.8 Å². The van der Waals surface area contributed by atoms with E-state index in [1.54, 1.807) is 19.9 Å². The van der Waals surface area contributed by atoms with Gasteiger partial charge >= 0.3 is 11.8 Å². The van der Waals surface area contributed by atoms with Crippen LogP contribution >= 0.6 is 0 Å². The number of carbonyl (C=O) groups excluding carboxylic acids is 2. The van der Waals surface area contributed by atoms with Crippen LogP contribution in [0.5, 0.6) is 0 Å². The molecule has 0 unspecified atom stereocenters. The van der Waals surface area contributed by atoms with Gasteiger partial charge in [-0.1, -0.05) is 5.16 Å². The lowest BCUT2D eigenvalue weighted by molar-refractivity contribution is -0.142. The van der Waals surface area contributed by atoms with Gasteiger partial charge in [-0.15, -0.1) is 0 Å². The number of hydrogen-bond donors (Lipinski definition) is 1. The highest BCUT2D eigenvalue weighted by atomic mass is 19.1. The molecule has 1 aromatic heterocycles. The average molecular weight is 305 g/mol. The number of amides is 2. The van der Waals surface area contributed by atoms with Crippen molar-refractivity contribution in [2.75, 3.05) is 12.4 Å². The standard InChI is InChI=1S/C15H16FN3O3/c1-9-6-11(4-5-13(9)16)17-14(20)15(21)19(3)8-12-7-10(2)22-18-12/h4-7H,8H2,1-3H3,(H,17,20). The Bertz CT molecular complexity index is 712. The Balaban J connectivity index is 1.98. The predicted octanol–water partition coefficient (Wildman–Crippen LogP) is 2.03. The fraction of sp³-hybridized carbons (Fsp3) is 0.267. The SMILES string of the molecule is Cc1cc(CN(C)C(=O)C(=O)Nc2ccc(F)c(C)c2)no1. The van der Waals surface area contributed by atoms with Crippen molar-refractivity contribution in [2.24, 2.45) is 0 Å². The highest BCUT2D eigenvalue weighted by Crippen LogP contribution is 2.14. The molecule has 1 N–H and O–H groups in total. The number of hydrogen-bond acceptors (Lipinski definition) is 4. The summed E-state index contributed by atoms with van der Waals surface area (Å²) in [5.41, 5.74) is 1.30. The number of likely N-dealkylation sites (N-methyl/N-ethyl adjacent to an activating group) is 1. The highest BCUT2D eigenvalue weighted by molar-refractivity contribution is 6.39. The first-order chi connectivity index (χ1) is 10.4. The highest BCUT2D eigenvalue weighted by Gasteiger charge is 2.20. The average Bonchev–Trinajstić information content (AvgIpc) is 2.87. The molecule has 7 heteroatoms. The van der Waals surface area contributed by atoms with Crippen molar-refractivity contribution >= 4 is 17.5 Å². The first kappa shape index (κ1) is 15.7. The molecule has 0 spiro atoms. The number of anilines is 1. The molecule has 1 aromatic carbocycles. The van der Waals surface area contributed by atoms with Gasteiger partial charge in [0.1, 0.15) is 17.3 Å². The number of benzene rings is 1. The minimum Gasteiger partial charge on any atom is -0.361 e. The van der Waals surface area contributed by atoms with Crippen LogP contribution in [0.1, 0.15) is 17.0 Å². The molecule has 1 heterocycles. The minimum atomic E-state index is -0.797. The summed E-state index contributed by atoms with van der Waals surface area (Å²) in [6.07, 6.45) is 0. The van der Waals surface area contributed by atoms with Crippen LogP contribution in [0.2, 0.25) is 0 Å². The van der Waals surface area contributed by atoms with Crippen molar-refractivity contribution in [3.8, 4) is 0 Å². The Morgan fingerprint density at radius 3 is 2.64 bits per heavy atom. The van der Waals surface area contributed by atoms with Crippen LogP contribution < -0.4 is 5.32 Å². The number of halogens is 1. The minimum absolute atomic E-state index is 0.159. The number of nitrogens with one attached hydrogen (secondary N) is 1. The maximum absolute atomic E-state index is 13.2. The molecule has 0 bridgehead atoms. The Hall–Kier alpha value is -2.70. The van der Waals surface area contributed by atoms with Crippen LogP contribution in [0.15, 0.2) is 28.8 Å². The summed E-state index contributed by atoms with van der Waals surface area (Å²) in [5, 5.41) is 6.20. The lowest BCUT2D eigenvalue weighted by Gasteiger charge is -2.15. The third-order valence-corrected chi connectivity index (χ3v) is 3.03. The van der Waals surface area contributed by atoms with Gasteiger partial charge in [0.25, 0.3) is 0 Å². The third kappa shape index (κ3) is 3.69. The predicted molar refractivity (Wildman–Crippen MR) is 77.5 cm³/mol. The zero-order valence-electron chi connectivity index (χ0n) is 12.5. The summed E-state index contributed by atoms with van der Waals surface area (Å²) >= 11 is 0. The number of aromatic nitrogens is 1. The van der Waals surface area contributed by atoms with E-state index in [1.165, 1.54) is 30.1 Å². The first-order valence-corrected chi connectivity index (χ1v) is 6.61. The van der Waals surface area contributed by atoms with E-state index in [-0.39, 0.29) is 12.4 Å². The van der Waals surface area contributed by atoms with Crippen LogP contribution in [0.4, 0.5) is 10.1 Å². The molecule has 22 heavy (non-hydrogen) atoms. The zero-order chi connectivity index (χ0) is 16.3. The number of nitrogens with zero attached hydrogens (tertiary/aromatic N) is 2. The van der Waals surface area contributed by atoms with Crippen LogP contribution in [0.25, 0.3) is 0 Å². The maximum Gasteiger partial charge on any atom is 0.313 e. The van der Waals surface area contributed by atoms with Crippen LogP contribution in [0, 0.1) is 19.7 Å². The van der Waals surface area contributed by atoms with E-state index in [4.69, 9.17) is 4.52 Å². The van der Waals surface area contributed by atoms with Gasteiger partial charge in [-0.05, 0) is 37.6 Å². The van der Waals surface area contributed by atoms with Crippen molar-refractivity contribution in [2.45, 2.75) is 20.4 Å². The summed E-state index contributed by atoms with van der Waals surface area (Å²) < 4.78 is 18.1. The number of aryl methyl sites for hydroxylation is 2. The molecule has 116 valence electrons. The quantitative estimate of drug-likeness (QED) is 0.880. The van der Waals surface area contributed by atoms with E-state index in [0.29, 0.717) is 22.7 Å². The van der Waals surface area contributed by atoms with Crippen LogP contribution in [-0.4, -0.2) is 28.9 Å². The Kier molecular flexibility index (Phi) is 4.55. The van der Waals surface area contributed by atoms with Crippen molar-refractivity contribution in [1.82, 2.24) is 10.1 Å². The molecule has 0 aliphatic rings. The van der Waals surface area contributed by atoms with E-state index in [1.807, 2.05) is 0 Å². The molecule has 0 saturated heterocycles. The topological polar surface area (TPSA) is 75.4 Å². The van der Waals surface area contributed by atoms with Crippen LogP contribution in [-0.2, 0) is 16.1 Å². The molecule has 0 aliphatic heterocycles. The molecule has 2 amide bonds. The van der Waals surface area contributed by atoms with Crippen LogP contribution in [0.3, 0.4) is 0 Å². The summed E-state index contributed by atoms with van der Waals surface area (Å²) in [4.78, 5) is 25.1. The fourth-order valence-electron chi connectivity index (χ4n) is 1.89. The molecule has 2 rings (SSSR count). The van der Waals surface area contributed by atoms with E-state index < -0.39 is 11.8 Å². The molecule has 6 nitrogen and oxygen atoms in total. The second kappa shape index (κ2) is 6.38. The first-order valence-electron chi connectivity index (χ1n) is 6.61. The normalized spacial score (nSPS) is 10.4. The second-order valence-electron chi connectivity index (χ2n) is 5.01. The Labute approximate surface area is 126 Å². The summed E-state index contributed by atoms with van der Waals surface area (Å²) in [7, 11) is 1.49.